The molecule has 2 aromatic carbocycles. The van der Waals surface area contributed by atoms with Crippen LogP contribution in [-0.2, 0) is 9.53 Å². The van der Waals surface area contributed by atoms with Gasteiger partial charge < -0.3 is 19.5 Å². The second-order valence-corrected chi connectivity index (χ2v) is 8.21. The van der Waals surface area contributed by atoms with E-state index in [0.717, 1.165) is 23.1 Å². The van der Waals surface area contributed by atoms with Gasteiger partial charge in [0.25, 0.3) is 0 Å². The number of aliphatic hydroxyl groups is 2. The molecule has 6 heteroatoms. The summed E-state index contributed by atoms with van der Waals surface area (Å²) >= 11 is 0. The molecule has 1 heterocycles. The van der Waals surface area contributed by atoms with Crippen molar-refractivity contribution in [1.82, 2.24) is 9.55 Å². The molecule has 0 amide bonds. The van der Waals surface area contributed by atoms with E-state index in [1.165, 1.54) is 12.5 Å². The monoisotopic (exact) mass is 432 g/mol. The highest BCUT2D eigenvalue weighted by Crippen LogP contribution is 2.43. The molecule has 1 fully saturated rings. The summed E-state index contributed by atoms with van der Waals surface area (Å²) < 4.78 is 7.05. The van der Waals surface area contributed by atoms with Gasteiger partial charge in [0.1, 0.15) is 18.0 Å². The first-order valence-corrected chi connectivity index (χ1v) is 10.8. The number of hydrogen-bond donors (Lipinski definition) is 2. The number of aromatic nitrogens is 2. The Bertz CT molecular complexity index is 1080. The Morgan fingerprint density at radius 3 is 2.44 bits per heavy atom. The van der Waals surface area contributed by atoms with Gasteiger partial charge in [-0.15, -0.1) is 0 Å². The van der Waals surface area contributed by atoms with Gasteiger partial charge in [0, 0.05) is 25.2 Å². The fourth-order valence-electron chi connectivity index (χ4n) is 3.97. The van der Waals surface area contributed by atoms with Gasteiger partial charge in [-0.1, -0.05) is 60.7 Å². The third kappa shape index (κ3) is 4.98. The largest absolute Gasteiger partial charge is 0.462 e. The molecule has 4 rings (SSSR count). The average molecular weight is 433 g/mol. The maximum atomic E-state index is 11.1. The molecule has 1 aliphatic rings. The molecule has 1 aliphatic carbocycles. The Labute approximate surface area is 187 Å². The van der Waals surface area contributed by atoms with E-state index in [4.69, 9.17) is 4.74 Å². The van der Waals surface area contributed by atoms with Crippen LogP contribution in [0.2, 0.25) is 0 Å². The van der Waals surface area contributed by atoms with Crippen molar-refractivity contribution in [2.24, 2.45) is 0 Å². The van der Waals surface area contributed by atoms with Crippen molar-refractivity contribution in [3.63, 3.8) is 0 Å². The number of esters is 1. The van der Waals surface area contributed by atoms with E-state index in [1.807, 2.05) is 24.3 Å². The number of carbonyl (C=O) groups is 1. The molecule has 3 aromatic rings. The van der Waals surface area contributed by atoms with Crippen LogP contribution in [0.15, 0.2) is 67.0 Å². The summed E-state index contributed by atoms with van der Waals surface area (Å²) in [5, 5.41) is 19.6. The number of rotatable bonds is 8. The van der Waals surface area contributed by atoms with Gasteiger partial charge in [-0.2, -0.15) is 0 Å². The Hall–Kier alpha value is -3.22. The van der Waals surface area contributed by atoms with E-state index < -0.39 is 6.10 Å². The Balaban J connectivity index is 1.42. The SMILES string of the molecule is CC(=O)OC1CC1c1ccc(-c2ccc(/C=C/C(CO)n3ccnc3[C@H](C)O)cc2)cc1. The van der Waals surface area contributed by atoms with Gasteiger partial charge in [0.15, 0.2) is 0 Å². The lowest BCUT2D eigenvalue weighted by molar-refractivity contribution is -0.142. The standard InChI is InChI=1S/C26H28N2O4/c1-17(30)26-27-13-14-28(26)23(16-29)12-5-19-3-6-20(7-4-19)21-8-10-22(11-9-21)24-15-25(24)32-18(2)31/h3-14,17,23-25,29-30H,15-16H2,1-2H3/b12-5+/t17-,23?,24?,25?/m0/s1. The summed E-state index contributed by atoms with van der Waals surface area (Å²) in [7, 11) is 0. The molecule has 166 valence electrons. The van der Waals surface area contributed by atoms with Crippen molar-refractivity contribution in [3.8, 4) is 11.1 Å². The van der Waals surface area contributed by atoms with Crippen LogP contribution in [0.3, 0.4) is 0 Å². The zero-order valence-electron chi connectivity index (χ0n) is 18.3. The maximum absolute atomic E-state index is 11.1. The van der Waals surface area contributed by atoms with Crippen molar-refractivity contribution in [2.75, 3.05) is 6.61 Å². The highest BCUT2D eigenvalue weighted by molar-refractivity contribution is 5.67. The van der Waals surface area contributed by atoms with E-state index in [9.17, 15) is 15.0 Å². The number of hydrogen-bond acceptors (Lipinski definition) is 5. The number of imidazole rings is 1. The fraction of sp³-hybridized carbons (Fsp3) is 0.308. The molecule has 6 nitrogen and oxygen atoms in total. The van der Waals surface area contributed by atoms with Crippen molar-refractivity contribution in [2.45, 2.75) is 44.4 Å². The smallest absolute Gasteiger partial charge is 0.302 e. The average Bonchev–Trinajstić information content (AvgIpc) is 3.36. The third-order valence-corrected chi connectivity index (χ3v) is 5.76. The predicted octanol–water partition coefficient (Wildman–Crippen LogP) is 4.27. The molecule has 4 atom stereocenters. The Morgan fingerprint density at radius 1 is 1.19 bits per heavy atom. The van der Waals surface area contributed by atoms with Gasteiger partial charge in [-0.25, -0.2) is 4.98 Å². The lowest BCUT2D eigenvalue weighted by atomic mass is 10.0. The normalized spacial score (nSPS) is 19.6. The van der Waals surface area contributed by atoms with E-state index in [-0.39, 0.29) is 24.7 Å². The molecule has 0 aliphatic heterocycles. The zero-order chi connectivity index (χ0) is 22.7. The second-order valence-electron chi connectivity index (χ2n) is 8.21. The van der Waals surface area contributed by atoms with Crippen LogP contribution in [0.4, 0.5) is 0 Å². The van der Waals surface area contributed by atoms with Gasteiger partial charge in [-0.3, -0.25) is 4.79 Å². The summed E-state index contributed by atoms with van der Waals surface area (Å²) in [6.45, 7) is 3.02. The summed E-state index contributed by atoms with van der Waals surface area (Å²) in [5.41, 5.74) is 4.46. The van der Waals surface area contributed by atoms with Crippen molar-refractivity contribution < 1.29 is 19.7 Å². The molecule has 0 radical (unpaired) electrons. The van der Waals surface area contributed by atoms with E-state index in [1.54, 1.807) is 23.9 Å². The first kappa shape index (κ1) is 22.0. The molecule has 2 N–H and O–H groups in total. The number of nitrogens with zero attached hydrogens (tertiary/aromatic N) is 2. The molecule has 0 bridgehead atoms. The van der Waals surface area contributed by atoms with Gasteiger partial charge in [0.2, 0.25) is 0 Å². The summed E-state index contributed by atoms with van der Waals surface area (Å²) in [6, 6.07) is 16.3. The molecule has 32 heavy (non-hydrogen) atoms. The molecule has 1 saturated carbocycles. The maximum Gasteiger partial charge on any atom is 0.302 e. The van der Waals surface area contributed by atoms with Crippen molar-refractivity contribution in [3.05, 3.63) is 84.0 Å². The molecular weight excluding hydrogens is 404 g/mol. The highest BCUT2D eigenvalue weighted by Gasteiger charge is 2.41. The predicted molar refractivity (Wildman–Crippen MR) is 123 cm³/mol. The van der Waals surface area contributed by atoms with Crippen LogP contribution in [0.25, 0.3) is 17.2 Å². The van der Waals surface area contributed by atoms with Gasteiger partial charge in [-0.05, 0) is 35.6 Å². The van der Waals surface area contributed by atoms with Crippen molar-refractivity contribution in [1.29, 1.82) is 0 Å². The summed E-state index contributed by atoms with van der Waals surface area (Å²) in [6.07, 6.45) is 7.46. The molecule has 0 saturated heterocycles. The molecular formula is C26H28N2O4. The van der Waals surface area contributed by atoms with Crippen molar-refractivity contribution >= 4 is 12.0 Å². The second kappa shape index (κ2) is 9.51. The lowest BCUT2D eigenvalue weighted by Crippen LogP contribution is -2.14. The summed E-state index contributed by atoms with van der Waals surface area (Å²) in [5.74, 6) is 0.615. The molecule has 1 aromatic heterocycles. The van der Waals surface area contributed by atoms with Crippen LogP contribution >= 0.6 is 0 Å². The number of ether oxygens (including phenoxy) is 1. The molecule has 0 spiro atoms. The Kier molecular flexibility index (Phi) is 6.53. The van der Waals surface area contributed by atoms with Gasteiger partial charge >= 0.3 is 5.97 Å². The minimum Gasteiger partial charge on any atom is -0.462 e. The van der Waals surface area contributed by atoms with Crippen LogP contribution in [0, 0.1) is 0 Å². The van der Waals surface area contributed by atoms with Crippen LogP contribution in [-0.4, -0.2) is 38.4 Å². The number of aliphatic hydroxyl groups excluding tert-OH is 2. The lowest BCUT2D eigenvalue weighted by Gasteiger charge is -2.16. The third-order valence-electron chi connectivity index (χ3n) is 5.76. The first-order chi connectivity index (χ1) is 15.5. The topological polar surface area (TPSA) is 84.6 Å². The highest BCUT2D eigenvalue weighted by atomic mass is 16.5. The molecule has 3 unspecified atom stereocenters. The van der Waals surface area contributed by atoms with E-state index in [2.05, 4.69) is 41.4 Å². The minimum absolute atomic E-state index is 0.0196. The first-order valence-electron chi connectivity index (χ1n) is 10.8. The van der Waals surface area contributed by atoms with E-state index in [0.29, 0.717) is 11.7 Å². The minimum atomic E-state index is -0.703. The van der Waals surface area contributed by atoms with Crippen LogP contribution < -0.4 is 0 Å². The Morgan fingerprint density at radius 2 is 1.84 bits per heavy atom. The quantitative estimate of drug-likeness (QED) is 0.520. The fourth-order valence-corrected chi connectivity index (χ4v) is 3.97. The zero-order valence-corrected chi connectivity index (χ0v) is 18.3. The number of carbonyl (C=O) groups excluding carboxylic acids is 1. The summed E-state index contributed by atoms with van der Waals surface area (Å²) in [4.78, 5) is 15.3. The van der Waals surface area contributed by atoms with E-state index >= 15 is 0 Å². The van der Waals surface area contributed by atoms with Crippen LogP contribution in [0.1, 0.15) is 55.3 Å². The van der Waals surface area contributed by atoms with Gasteiger partial charge in [0.05, 0.1) is 12.6 Å². The van der Waals surface area contributed by atoms with Crippen LogP contribution in [0.5, 0.6) is 0 Å². The number of benzene rings is 2.